The number of likely N-dealkylation sites (N-methyl/N-ethyl adjacent to an activating group) is 1. The Hall–Kier alpha value is -1.44. The molecule has 4 N–H and O–H groups in total. The summed E-state index contributed by atoms with van der Waals surface area (Å²) in [6.07, 6.45) is 0. The Morgan fingerprint density at radius 3 is 2.24 bits per heavy atom. The number of carbonyl (C=O) groups excluding carboxylic acids is 1. The zero-order valence-electron chi connectivity index (χ0n) is 9.60. The summed E-state index contributed by atoms with van der Waals surface area (Å²) in [5.74, 6) is -0.198. The van der Waals surface area contributed by atoms with Crippen molar-refractivity contribution in [3.8, 4) is 0 Å². The molecule has 0 saturated carbocycles. The fourth-order valence-electron chi connectivity index (χ4n) is 1.11. The molecule has 1 aromatic carbocycles. The van der Waals surface area contributed by atoms with Gasteiger partial charge in [0.25, 0.3) is 0 Å². The molecule has 0 aliphatic carbocycles. The number of nitrogens with one attached hydrogen (secondary N) is 2. The molecular weight excluding hydrogens is 242 g/mol. The fourth-order valence-corrected chi connectivity index (χ4v) is 1.62. The molecule has 0 heterocycles. The SMILES string of the molecule is CNC(C)C(=O)Nc1ccc(S(N)(=O)=O)cc1. The van der Waals surface area contributed by atoms with Crippen LogP contribution >= 0.6 is 0 Å². The quantitative estimate of drug-likeness (QED) is 0.700. The van der Waals surface area contributed by atoms with Crippen LogP contribution in [-0.2, 0) is 14.8 Å². The van der Waals surface area contributed by atoms with Gasteiger partial charge in [-0.05, 0) is 38.2 Å². The third kappa shape index (κ3) is 3.81. The molecule has 0 radical (unpaired) electrons. The predicted octanol–water partition coefficient (Wildman–Crippen LogP) is -0.120. The van der Waals surface area contributed by atoms with Gasteiger partial charge in [-0.1, -0.05) is 0 Å². The van der Waals surface area contributed by atoms with Crippen molar-refractivity contribution in [2.75, 3.05) is 12.4 Å². The van der Waals surface area contributed by atoms with Crippen LogP contribution in [0.5, 0.6) is 0 Å². The van der Waals surface area contributed by atoms with Crippen LogP contribution in [-0.4, -0.2) is 27.4 Å². The van der Waals surface area contributed by atoms with Crippen molar-refractivity contribution in [3.05, 3.63) is 24.3 Å². The normalized spacial score (nSPS) is 13.1. The molecule has 7 heteroatoms. The lowest BCUT2D eigenvalue weighted by atomic mass is 10.3. The van der Waals surface area contributed by atoms with Gasteiger partial charge in [-0.3, -0.25) is 4.79 Å². The number of hydrogen-bond donors (Lipinski definition) is 3. The van der Waals surface area contributed by atoms with Crippen LogP contribution < -0.4 is 15.8 Å². The maximum atomic E-state index is 11.5. The Morgan fingerprint density at radius 1 is 1.29 bits per heavy atom. The fraction of sp³-hybridized carbons (Fsp3) is 0.300. The highest BCUT2D eigenvalue weighted by Gasteiger charge is 2.11. The van der Waals surface area contributed by atoms with E-state index in [-0.39, 0.29) is 16.8 Å². The second kappa shape index (κ2) is 5.26. The minimum absolute atomic E-state index is 0.0113. The largest absolute Gasteiger partial charge is 0.325 e. The number of primary sulfonamides is 1. The zero-order chi connectivity index (χ0) is 13.1. The third-order valence-corrected chi connectivity index (χ3v) is 3.21. The summed E-state index contributed by atoms with van der Waals surface area (Å²) in [4.78, 5) is 11.5. The van der Waals surface area contributed by atoms with Crippen molar-refractivity contribution >= 4 is 21.6 Å². The van der Waals surface area contributed by atoms with Crippen LogP contribution in [0.1, 0.15) is 6.92 Å². The molecule has 0 spiro atoms. The van der Waals surface area contributed by atoms with Gasteiger partial charge in [-0.15, -0.1) is 0 Å². The van der Waals surface area contributed by atoms with E-state index >= 15 is 0 Å². The van der Waals surface area contributed by atoms with Crippen LogP contribution in [0.4, 0.5) is 5.69 Å². The number of hydrogen-bond acceptors (Lipinski definition) is 4. The Balaban J connectivity index is 2.79. The molecule has 0 aliphatic heterocycles. The first-order valence-corrected chi connectivity index (χ1v) is 6.50. The Morgan fingerprint density at radius 2 is 1.82 bits per heavy atom. The monoisotopic (exact) mass is 257 g/mol. The lowest BCUT2D eigenvalue weighted by Crippen LogP contribution is -2.35. The highest BCUT2D eigenvalue weighted by molar-refractivity contribution is 7.89. The first-order chi connectivity index (χ1) is 7.84. The summed E-state index contributed by atoms with van der Waals surface area (Å²) in [6.45, 7) is 1.72. The molecule has 0 aromatic heterocycles. The molecule has 94 valence electrons. The second-order valence-corrected chi connectivity index (χ2v) is 5.13. The molecule has 1 amide bonds. The van der Waals surface area contributed by atoms with Crippen molar-refractivity contribution < 1.29 is 13.2 Å². The summed E-state index contributed by atoms with van der Waals surface area (Å²) in [5, 5.41) is 10.4. The molecule has 1 unspecified atom stereocenters. The summed E-state index contributed by atoms with van der Waals surface area (Å²) in [7, 11) is -2.02. The van der Waals surface area contributed by atoms with Gasteiger partial charge < -0.3 is 10.6 Å². The van der Waals surface area contributed by atoms with Gasteiger partial charge in [-0.2, -0.15) is 0 Å². The number of benzene rings is 1. The smallest absolute Gasteiger partial charge is 0.241 e. The third-order valence-electron chi connectivity index (χ3n) is 2.28. The van der Waals surface area contributed by atoms with Crippen LogP contribution in [0.2, 0.25) is 0 Å². The van der Waals surface area contributed by atoms with Gasteiger partial charge in [0.15, 0.2) is 0 Å². The predicted molar refractivity (Wildman–Crippen MR) is 65.0 cm³/mol. The number of rotatable bonds is 4. The number of amides is 1. The van der Waals surface area contributed by atoms with E-state index < -0.39 is 10.0 Å². The molecule has 17 heavy (non-hydrogen) atoms. The average molecular weight is 257 g/mol. The van der Waals surface area contributed by atoms with Gasteiger partial charge >= 0.3 is 0 Å². The molecule has 0 saturated heterocycles. The standard InChI is InChI=1S/C10H15N3O3S/c1-7(12-2)10(14)13-8-3-5-9(6-4-8)17(11,15)16/h3-7,12H,1-2H3,(H,13,14)(H2,11,15,16). The zero-order valence-corrected chi connectivity index (χ0v) is 10.4. The van der Waals surface area contributed by atoms with E-state index in [1.54, 1.807) is 14.0 Å². The number of carbonyl (C=O) groups is 1. The number of anilines is 1. The topological polar surface area (TPSA) is 101 Å². The van der Waals surface area contributed by atoms with Crippen LogP contribution in [0.25, 0.3) is 0 Å². The van der Waals surface area contributed by atoms with E-state index in [0.717, 1.165) is 0 Å². The Kier molecular flexibility index (Phi) is 4.22. The van der Waals surface area contributed by atoms with E-state index in [1.807, 2.05) is 0 Å². The molecule has 1 atom stereocenters. The molecule has 1 rings (SSSR count). The average Bonchev–Trinajstić information content (AvgIpc) is 2.27. The van der Waals surface area contributed by atoms with Gasteiger partial charge in [0.1, 0.15) is 0 Å². The molecule has 0 aliphatic rings. The van der Waals surface area contributed by atoms with Crippen molar-refractivity contribution in [2.45, 2.75) is 17.9 Å². The molecule has 0 bridgehead atoms. The van der Waals surface area contributed by atoms with Crippen LogP contribution in [0.3, 0.4) is 0 Å². The van der Waals surface area contributed by atoms with Crippen molar-refractivity contribution in [3.63, 3.8) is 0 Å². The molecule has 1 aromatic rings. The minimum Gasteiger partial charge on any atom is -0.325 e. The van der Waals surface area contributed by atoms with Crippen LogP contribution in [0.15, 0.2) is 29.2 Å². The second-order valence-electron chi connectivity index (χ2n) is 3.57. The number of sulfonamides is 1. The van der Waals surface area contributed by atoms with E-state index in [0.29, 0.717) is 5.69 Å². The lowest BCUT2D eigenvalue weighted by molar-refractivity contribution is -0.117. The minimum atomic E-state index is -3.69. The summed E-state index contributed by atoms with van der Waals surface area (Å²) >= 11 is 0. The summed E-state index contributed by atoms with van der Waals surface area (Å²) in [5.41, 5.74) is 0.518. The summed E-state index contributed by atoms with van der Waals surface area (Å²) in [6, 6.07) is 5.33. The lowest BCUT2D eigenvalue weighted by Gasteiger charge is -2.11. The molecular formula is C10H15N3O3S. The van der Waals surface area contributed by atoms with Gasteiger partial charge in [0.05, 0.1) is 10.9 Å². The van der Waals surface area contributed by atoms with Gasteiger partial charge in [0, 0.05) is 5.69 Å². The first kappa shape index (κ1) is 13.6. The van der Waals surface area contributed by atoms with Crippen molar-refractivity contribution in [2.24, 2.45) is 5.14 Å². The van der Waals surface area contributed by atoms with Gasteiger partial charge in [-0.25, -0.2) is 13.6 Å². The van der Waals surface area contributed by atoms with E-state index in [9.17, 15) is 13.2 Å². The molecule has 6 nitrogen and oxygen atoms in total. The highest BCUT2D eigenvalue weighted by Crippen LogP contribution is 2.12. The van der Waals surface area contributed by atoms with E-state index in [4.69, 9.17) is 5.14 Å². The maximum absolute atomic E-state index is 11.5. The van der Waals surface area contributed by atoms with Crippen molar-refractivity contribution in [1.29, 1.82) is 0 Å². The highest BCUT2D eigenvalue weighted by atomic mass is 32.2. The van der Waals surface area contributed by atoms with Crippen molar-refractivity contribution in [1.82, 2.24) is 5.32 Å². The Labute approximate surface area is 100 Å². The first-order valence-electron chi connectivity index (χ1n) is 4.95. The summed E-state index contributed by atoms with van der Waals surface area (Å²) < 4.78 is 22.0. The van der Waals surface area contributed by atoms with E-state index in [2.05, 4.69) is 10.6 Å². The van der Waals surface area contributed by atoms with E-state index in [1.165, 1.54) is 24.3 Å². The Bertz CT molecular complexity index is 496. The molecule has 0 fully saturated rings. The maximum Gasteiger partial charge on any atom is 0.241 e. The van der Waals surface area contributed by atoms with Crippen LogP contribution in [0, 0.1) is 0 Å². The van der Waals surface area contributed by atoms with Gasteiger partial charge in [0.2, 0.25) is 15.9 Å². The number of nitrogens with two attached hydrogens (primary N) is 1.